The highest BCUT2D eigenvalue weighted by atomic mass is 16.5. The van der Waals surface area contributed by atoms with Crippen LogP contribution < -0.4 is 5.32 Å². The van der Waals surface area contributed by atoms with E-state index in [1.165, 1.54) is 6.33 Å². The van der Waals surface area contributed by atoms with E-state index in [4.69, 9.17) is 4.74 Å². The molecule has 0 spiro atoms. The second-order valence-electron chi connectivity index (χ2n) is 4.40. The topological polar surface area (TPSA) is 94.3 Å². The average molecular weight is 262 g/mol. The van der Waals surface area contributed by atoms with Crippen molar-refractivity contribution in [3.8, 4) is 0 Å². The van der Waals surface area contributed by atoms with Gasteiger partial charge in [0.05, 0.1) is 12.4 Å². The summed E-state index contributed by atoms with van der Waals surface area (Å²) in [7, 11) is 1.79. The molecule has 1 saturated heterocycles. The minimum atomic E-state index is -0.142. The van der Waals surface area contributed by atoms with Gasteiger partial charge in [-0.15, -0.1) is 0 Å². The molecule has 0 aromatic carbocycles. The molecule has 3 rings (SSSR count). The van der Waals surface area contributed by atoms with Gasteiger partial charge >= 0.3 is 0 Å². The molecule has 100 valence electrons. The number of nitrogens with one attached hydrogen (secondary N) is 1. The van der Waals surface area contributed by atoms with Crippen molar-refractivity contribution < 1.29 is 4.74 Å². The maximum Gasteiger partial charge on any atom is 0.167 e. The van der Waals surface area contributed by atoms with Crippen LogP contribution in [0.25, 0.3) is 11.2 Å². The van der Waals surface area contributed by atoms with Crippen molar-refractivity contribution in [2.45, 2.75) is 25.2 Å². The fourth-order valence-electron chi connectivity index (χ4n) is 2.35. The van der Waals surface area contributed by atoms with Crippen molar-refractivity contribution in [3.05, 3.63) is 17.6 Å². The average Bonchev–Trinajstić information content (AvgIpc) is 3.04. The van der Waals surface area contributed by atoms with Crippen LogP contribution in [-0.4, -0.2) is 39.2 Å². The summed E-state index contributed by atoms with van der Waals surface area (Å²) in [4.78, 5) is 23.0. The van der Waals surface area contributed by atoms with Gasteiger partial charge in [0.1, 0.15) is 24.6 Å². The van der Waals surface area contributed by atoms with Gasteiger partial charge in [-0.25, -0.2) is 15.0 Å². The highest BCUT2D eigenvalue weighted by molar-refractivity contribution is 5.82. The van der Waals surface area contributed by atoms with Gasteiger partial charge in [-0.05, 0) is 12.8 Å². The summed E-state index contributed by atoms with van der Waals surface area (Å²) in [6.45, 7) is 0.194. The van der Waals surface area contributed by atoms with Crippen molar-refractivity contribution in [3.63, 3.8) is 0 Å². The van der Waals surface area contributed by atoms with Gasteiger partial charge < -0.3 is 10.1 Å². The molecule has 1 fully saturated rings. The third-order valence-electron chi connectivity index (χ3n) is 3.27. The normalized spacial score (nSPS) is 22.8. The Balaban J connectivity index is 1.92. The number of ether oxygens (including phenoxy) is 1. The van der Waals surface area contributed by atoms with Crippen LogP contribution in [0.15, 0.2) is 17.8 Å². The molecule has 0 saturated carbocycles. The van der Waals surface area contributed by atoms with Crippen LogP contribution in [0.2, 0.25) is 0 Å². The fourth-order valence-corrected chi connectivity index (χ4v) is 2.35. The van der Waals surface area contributed by atoms with Gasteiger partial charge in [-0.2, -0.15) is 4.91 Å². The quantitative estimate of drug-likeness (QED) is 0.835. The van der Waals surface area contributed by atoms with E-state index in [0.717, 1.165) is 18.5 Å². The third kappa shape index (κ3) is 2.03. The zero-order valence-corrected chi connectivity index (χ0v) is 10.5. The van der Waals surface area contributed by atoms with Gasteiger partial charge in [0, 0.05) is 7.05 Å². The van der Waals surface area contributed by atoms with Gasteiger partial charge in [-0.1, -0.05) is 5.18 Å². The Morgan fingerprint density at radius 1 is 1.47 bits per heavy atom. The molecule has 1 N–H and O–H groups in total. The maximum atomic E-state index is 10.3. The number of hydrogen-bond donors (Lipinski definition) is 1. The molecule has 19 heavy (non-hydrogen) atoms. The maximum absolute atomic E-state index is 10.3. The van der Waals surface area contributed by atoms with E-state index in [1.54, 1.807) is 13.4 Å². The molecule has 8 heteroatoms. The number of aromatic nitrogens is 4. The molecule has 0 aliphatic carbocycles. The lowest BCUT2D eigenvalue weighted by molar-refractivity contribution is 0.00876. The number of nitroso groups, excluding NO2 is 1. The van der Waals surface area contributed by atoms with E-state index >= 15 is 0 Å². The lowest BCUT2D eigenvalue weighted by Gasteiger charge is -2.13. The van der Waals surface area contributed by atoms with E-state index in [-0.39, 0.29) is 18.9 Å². The first kappa shape index (κ1) is 12.0. The van der Waals surface area contributed by atoms with Crippen LogP contribution in [-0.2, 0) is 4.74 Å². The van der Waals surface area contributed by atoms with Gasteiger partial charge in [-0.3, -0.25) is 4.57 Å². The van der Waals surface area contributed by atoms with E-state index in [1.807, 2.05) is 4.57 Å². The molecule has 0 amide bonds. The van der Waals surface area contributed by atoms with Crippen molar-refractivity contribution in [2.24, 2.45) is 5.18 Å². The molecule has 2 atom stereocenters. The highest BCUT2D eigenvalue weighted by Gasteiger charge is 2.28. The summed E-state index contributed by atoms with van der Waals surface area (Å²) < 4.78 is 7.65. The molecule has 0 radical (unpaired) electrons. The molecule has 1 aliphatic rings. The molecule has 0 bridgehead atoms. The number of anilines is 1. The van der Waals surface area contributed by atoms with Gasteiger partial charge in [0.25, 0.3) is 0 Å². The van der Waals surface area contributed by atoms with E-state index in [9.17, 15) is 4.91 Å². The molecule has 2 aromatic rings. The zero-order chi connectivity index (χ0) is 13.2. The smallest absolute Gasteiger partial charge is 0.167 e. The number of rotatable bonds is 4. The summed E-state index contributed by atoms with van der Waals surface area (Å²) in [5.41, 5.74) is 1.44. The monoisotopic (exact) mass is 262 g/mol. The second kappa shape index (κ2) is 4.88. The number of hydrogen-bond acceptors (Lipinski definition) is 7. The zero-order valence-electron chi connectivity index (χ0n) is 10.5. The molecular weight excluding hydrogens is 248 g/mol. The summed E-state index contributed by atoms with van der Waals surface area (Å²) in [5.74, 6) is 0.688. The highest BCUT2D eigenvalue weighted by Crippen LogP contribution is 2.31. The molecule has 8 nitrogen and oxygen atoms in total. The summed E-state index contributed by atoms with van der Waals surface area (Å²) in [5, 5.41) is 5.87. The number of nitrogens with zero attached hydrogens (tertiary/aromatic N) is 5. The first-order chi connectivity index (χ1) is 9.33. The minimum absolute atomic E-state index is 0.106. The van der Waals surface area contributed by atoms with E-state index in [0.29, 0.717) is 11.3 Å². The molecule has 3 heterocycles. The summed E-state index contributed by atoms with van der Waals surface area (Å²) >= 11 is 0. The van der Waals surface area contributed by atoms with Crippen LogP contribution >= 0.6 is 0 Å². The van der Waals surface area contributed by atoms with Crippen LogP contribution in [0.3, 0.4) is 0 Å². The predicted molar refractivity (Wildman–Crippen MR) is 68.7 cm³/mol. The van der Waals surface area contributed by atoms with Crippen molar-refractivity contribution >= 4 is 17.0 Å². The lowest BCUT2D eigenvalue weighted by atomic mass is 10.2. The Morgan fingerprint density at radius 2 is 2.37 bits per heavy atom. The van der Waals surface area contributed by atoms with Crippen molar-refractivity contribution in [1.29, 1.82) is 0 Å². The van der Waals surface area contributed by atoms with Gasteiger partial charge in [0.2, 0.25) is 0 Å². The molecular formula is C11H14N6O2. The standard InChI is InChI=1S/C11H14N6O2/c1-12-10-9-11(14-5-13-10)17(6-15-9)8-3-2-7(19-8)4-16-18/h5-8H,2-4H2,1H3,(H,12,13,14). The lowest BCUT2D eigenvalue weighted by Crippen LogP contribution is -2.13. The Morgan fingerprint density at radius 3 is 3.16 bits per heavy atom. The van der Waals surface area contributed by atoms with Crippen LogP contribution in [0, 0.1) is 4.91 Å². The van der Waals surface area contributed by atoms with Gasteiger partial charge in [0.15, 0.2) is 11.5 Å². The Hall–Kier alpha value is -2.09. The molecule has 2 unspecified atom stereocenters. The first-order valence-corrected chi connectivity index (χ1v) is 6.13. The Kier molecular flexibility index (Phi) is 3.08. The first-order valence-electron chi connectivity index (χ1n) is 6.13. The SMILES string of the molecule is CNc1ncnc2c1ncn2C1CCC(CN=O)O1. The fraction of sp³-hybridized carbons (Fsp3) is 0.545. The summed E-state index contributed by atoms with van der Waals surface area (Å²) in [6, 6.07) is 0. The van der Waals surface area contributed by atoms with Crippen molar-refractivity contribution in [2.75, 3.05) is 18.9 Å². The Labute approximate surface area is 109 Å². The molecule has 2 aromatic heterocycles. The Bertz CT molecular complexity index is 598. The third-order valence-corrected chi connectivity index (χ3v) is 3.27. The number of imidazole rings is 1. The van der Waals surface area contributed by atoms with Crippen LogP contribution in [0.1, 0.15) is 19.1 Å². The number of fused-ring (bicyclic) bond motifs is 1. The van der Waals surface area contributed by atoms with E-state index in [2.05, 4.69) is 25.4 Å². The van der Waals surface area contributed by atoms with Crippen molar-refractivity contribution in [1.82, 2.24) is 19.5 Å². The van der Waals surface area contributed by atoms with Crippen LogP contribution in [0.4, 0.5) is 5.82 Å². The van der Waals surface area contributed by atoms with Crippen LogP contribution in [0.5, 0.6) is 0 Å². The second-order valence-corrected chi connectivity index (χ2v) is 4.40. The minimum Gasteiger partial charge on any atom is -0.371 e. The largest absolute Gasteiger partial charge is 0.371 e. The van der Waals surface area contributed by atoms with E-state index < -0.39 is 0 Å². The molecule has 1 aliphatic heterocycles. The summed E-state index contributed by atoms with van der Waals surface area (Å²) in [6.07, 6.45) is 4.58. The predicted octanol–water partition coefficient (Wildman–Crippen LogP) is 1.31.